The summed E-state index contributed by atoms with van der Waals surface area (Å²) in [5.74, 6) is 0. The molecule has 1 unspecified atom stereocenters. The summed E-state index contributed by atoms with van der Waals surface area (Å²) in [5, 5.41) is 0. The average molecular weight is 434 g/mol. The van der Waals surface area contributed by atoms with Crippen LogP contribution in [0.4, 0.5) is 0 Å². The molecule has 1 rings (SSSR count). The van der Waals surface area contributed by atoms with Crippen molar-refractivity contribution in [3.8, 4) is 0 Å². The molecule has 0 bridgehead atoms. The van der Waals surface area contributed by atoms with Gasteiger partial charge in [-0.3, -0.25) is 0 Å². The van der Waals surface area contributed by atoms with E-state index >= 15 is 0 Å². The Bertz CT molecular complexity index is 278. The molecule has 0 saturated heterocycles. The van der Waals surface area contributed by atoms with Crippen LogP contribution in [-0.4, -0.2) is 25.6 Å². The van der Waals surface area contributed by atoms with Crippen LogP contribution in [0, 0.1) is 0 Å². The van der Waals surface area contributed by atoms with Crippen LogP contribution >= 0.6 is 0 Å². The molecule has 0 radical (unpaired) electrons. The lowest BCUT2D eigenvalue weighted by molar-refractivity contribution is -0.900. The first-order valence-electron chi connectivity index (χ1n) is 4.67. The Balaban J connectivity index is 0. The summed E-state index contributed by atoms with van der Waals surface area (Å²) >= 11 is 0. The van der Waals surface area contributed by atoms with Gasteiger partial charge in [-0.1, -0.05) is 0 Å². The van der Waals surface area contributed by atoms with Gasteiger partial charge in [-0.05, 0) is 6.92 Å². The highest BCUT2D eigenvalue weighted by molar-refractivity contribution is 5.10. The van der Waals surface area contributed by atoms with E-state index in [2.05, 4.69) is 57.2 Å². The van der Waals surface area contributed by atoms with E-state index in [4.69, 9.17) is 0 Å². The number of rotatable bonds is 2. The molecule has 1 aromatic rings. The number of nitrogens with zero attached hydrogens (tertiary/aromatic N) is 2. The van der Waals surface area contributed by atoms with Crippen molar-refractivity contribution >= 4 is 0 Å². The van der Waals surface area contributed by atoms with Gasteiger partial charge in [0.15, 0.2) is 12.4 Å². The van der Waals surface area contributed by atoms with Crippen LogP contribution < -0.4 is 52.5 Å². The van der Waals surface area contributed by atoms with Gasteiger partial charge in [0.25, 0.3) is 0 Å². The Kier molecular flexibility index (Phi) is 8.38. The molecule has 0 aliphatic rings. The summed E-state index contributed by atoms with van der Waals surface area (Å²) in [4.78, 5) is 0. The minimum Gasteiger partial charge on any atom is -1.00 e. The fourth-order valence-corrected chi connectivity index (χ4v) is 1.24. The summed E-state index contributed by atoms with van der Waals surface area (Å²) in [5.41, 5.74) is 1.39. The molecule has 1 aromatic heterocycles. The van der Waals surface area contributed by atoms with Crippen LogP contribution in [0.3, 0.4) is 0 Å². The van der Waals surface area contributed by atoms with Gasteiger partial charge in [0.2, 0.25) is 0 Å². The van der Waals surface area contributed by atoms with Gasteiger partial charge in [-0.2, -0.15) is 0 Å². The maximum atomic E-state index is 2.26. The van der Waals surface area contributed by atoms with E-state index in [1.807, 2.05) is 7.05 Å². The maximum Gasteiger partial charge on any atom is 0.169 e. The number of pyridine rings is 1. The Morgan fingerprint density at radius 1 is 1.07 bits per heavy atom. The molecular formula is C11H20I2N2. The van der Waals surface area contributed by atoms with Gasteiger partial charge >= 0.3 is 0 Å². The molecule has 15 heavy (non-hydrogen) atoms. The number of quaternary nitrogens is 1. The quantitative estimate of drug-likeness (QED) is 0.251. The SMILES string of the molecule is CC(c1cc[n+](C)cc1)[N+](C)(C)C.[I-].[I-]. The Morgan fingerprint density at radius 2 is 1.47 bits per heavy atom. The second-order valence-electron chi connectivity index (χ2n) is 4.59. The predicted octanol–water partition coefficient (Wildman–Crippen LogP) is -4.71. The van der Waals surface area contributed by atoms with Crippen molar-refractivity contribution in [3.05, 3.63) is 30.1 Å². The van der Waals surface area contributed by atoms with Crippen molar-refractivity contribution in [1.29, 1.82) is 0 Å². The molecule has 0 fully saturated rings. The Labute approximate surface area is 127 Å². The highest BCUT2D eigenvalue weighted by atomic mass is 127. The maximum absolute atomic E-state index is 2.26. The fraction of sp³-hybridized carbons (Fsp3) is 0.545. The van der Waals surface area contributed by atoms with Crippen LogP contribution in [0.15, 0.2) is 24.5 Å². The molecule has 0 aliphatic heterocycles. The molecule has 0 N–H and O–H groups in total. The molecule has 0 saturated carbocycles. The topological polar surface area (TPSA) is 3.88 Å². The van der Waals surface area contributed by atoms with Gasteiger partial charge in [0.1, 0.15) is 13.1 Å². The third-order valence-electron chi connectivity index (χ3n) is 2.65. The third kappa shape index (κ3) is 5.44. The summed E-state index contributed by atoms with van der Waals surface area (Å²) in [6.45, 7) is 2.26. The van der Waals surface area contributed by atoms with E-state index in [1.54, 1.807) is 0 Å². The number of halogens is 2. The lowest BCUT2D eigenvalue weighted by atomic mass is 10.1. The molecule has 2 nitrogen and oxygen atoms in total. The lowest BCUT2D eigenvalue weighted by Crippen LogP contribution is -3.00. The molecule has 1 atom stereocenters. The number of aryl methyl sites for hydroxylation is 1. The first kappa shape index (κ1) is 17.9. The van der Waals surface area contributed by atoms with Crippen LogP contribution in [0.25, 0.3) is 0 Å². The number of hydrogen-bond donors (Lipinski definition) is 0. The highest BCUT2D eigenvalue weighted by Crippen LogP contribution is 2.20. The zero-order valence-corrected chi connectivity index (χ0v) is 14.4. The molecule has 0 amide bonds. The average Bonchev–Trinajstić information content (AvgIpc) is 2.03. The third-order valence-corrected chi connectivity index (χ3v) is 2.65. The van der Waals surface area contributed by atoms with Gasteiger partial charge < -0.3 is 52.4 Å². The van der Waals surface area contributed by atoms with Gasteiger partial charge in [-0.25, -0.2) is 4.57 Å². The monoisotopic (exact) mass is 434 g/mol. The molecular weight excluding hydrogens is 414 g/mol. The number of aromatic nitrogens is 1. The minimum atomic E-state index is 0. The van der Waals surface area contributed by atoms with E-state index in [-0.39, 0.29) is 48.0 Å². The van der Waals surface area contributed by atoms with Crippen molar-refractivity contribution in [2.24, 2.45) is 7.05 Å². The first-order chi connectivity index (χ1) is 5.91. The normalized spacial score (nSPS) is 12.3. The van der Waals surface area contributed by atoms with Crippen LogP contribution in [0.2, 0.25) is 0 Å². The van der Waals surface area contributed by atoms with Gasteiger partial charge in [-0.15, -0.1) is 0 Å². The van der Waals surface area contributed by atoms with Crippen molar-refractivity contribution in [2.45, 2.75) is 13.0 Å². The van der Waals surface area contributed by atoms with Crippen LogP contribution in [0.5, 0.6) is 0 Å². The van der Waals surface area contributed by atoms with Crippen LogP contribution in [0.1, 0.15) is 18.5 Å². The molecule has 0 aliphatic carbocycles. The molecule has 0 aromatic carbocycles. The van der Waals surface area contributed by atoms with Gasteiger partial charge in [0.05, 0.1) is 21.1 Å². The summed E-state index contributed by atoms with van der Waals surface area (Å²) < 4.78 is 3.03. The zero-order valence-electron chi connectivity index (χ0n) is 10.0. The van der Waals surface area contributed by atoms with E-state index in [0.29, 0.717) is 6.04 Å². The van der Waals surface area contributed by atoms with Crippen molar-refractivity contribution in [3.63, 3.8) is 0 Å². The first-order valence-corrected chi connectivity index (χ1v) is 4.67. The van der Waals surface area contributed by atoms with Crippen molar-refractivity contribution < 1.29 is 57.0 Å². The molecule has 4 heteroatoms. The van der Waals surface area contributed by atoms with E-state index in [9.17, 15) is 0 Å². The lowest BCUT2D eigenvalue weighted by Gasteiger charge is -2.31. The number of hydrogen-bond acceptors (Lipinski definition) is 0. The predicted molar refractivity (Wildman–Crippen MR) is 54.1 cm³/mol. The van der Waals surface area contributed by atoms with Crippen molar-refractivity contribution in [2.75, 3.05) is 21.1 Å². The zero-order chi connectivity index (χ0) is 10.1. The Hall–Kier alpha value is 0.570. The van der Waals surface area contributed by atoms with Crippen molar-refractivity contribution in [1.82, 2.24) is 0 Å². The minimum absolute atomic E-state index is 0. The molecule has 0 spiro atoms. The second-order valence-corrected chi connectivity index (χ2v) is 4.59. The van der Waals surface area contributed by atoms with E-state index < -0.39 is 0 Å². The summed E-state index contributed by atoms with van der Waals surface area (Å²) in [6.07, 6.45) is 4.20. The molecule has 1 heterocycles. The van der Waals surface area contributed by atoms with Gasteiger partial charge in [0, 0.05) is 17.7 Å². The Morgan fingerprint density at radius 3 is 1.80 bits per heavy atom. The molecule has 88 valence electrons. The smallest absolute Gasteiger partial charge is 0.169 e. The summed E-state index contributed by atoms with van der Waals surface area (Å²) in [7, 11) is 8.70. The van der Waals surface area contributed by atoms with E-state index in [0.717, 1.165) is 4.48 Å². The fourth-order valence-electron chi connectivity index (χ4n) is 1.24. The standard InChI is InChI=1S/C11H20N2.2HI/c1-10(13(3,4)5)11-6-8-12(2)9-7-11;;/h6-10H,1-5H3;2*1H/q+2;;/p-2. The van der Waals surface area contributed by atoms with E-state index in [1.165, 1.54) is 5.56 Å². The largest absolute Gasteiger partial charge is 1.00 e. The second kappa shape index (κ2) is 7.01. The van der Waals surface area contributed by atoms with Crippen LogP contribution in [-0.2, 0) is 7.05 Å². The highest BCUT2D eigenvalue weighted by Gasteiger charge is 2.20. The summed E-state index contributed by atoms with van der Waals surface area (Å²) in [6, 6.07) is 4.92.